The second-order valence-corrected chi connectivity index (χ2v) is 7.98. The molecule has 0 atom stereocenters. The van der Waals surface area contributed by atoms with Gasteiger partial charge in [0.05, 0.1) is 0 Å². The predicted octanol–water partition coefficient (Wildman–Crippen LogP) is 3.96. The fraction of sp³-hybridized carbons (Fsp3) is 0.571. The van der Waals surface area contributed by atoms with Crippen molar-refractivity contribution >= 4 is 17.8 Å². The highest BCUT2D eigenvalue weighted by Crippen LogP contribution is 2.31. The quantitative estimate of drug-likeness (QED) is 0.639. The minimum Gasteiger partial charge on any atom is -0.442 e. The van der Waals surface area contributed by atoms with Crippen LogP contribution in [-0.4, -0.2) is 34.9 Å². The molecule has 2 amide bonds. The molecule has 2 rings (SSSR count). The number of benzene rings is 1. The van der Waals surface area contributed by atoms with E-state index >= 15 is 0 Å². The zero-order chi connectivity index (χ0) is 20.0. The number of carbonyl (C=O) groups is 3. The number of nitrogens with zero attached hydrogens (tertiary/aromatic N) is 1. The number of rotatable bonds is 4. The molecule has 0 saturated heterocycles. The van der Waals surface area contributed by atoms with Crippen LogP contribution in [0.15, 0.2) is 30.3 Å². The maximum absolute atomic E-state index is 12.6. The molecule has 1 aromatic carbocycles. The Hall–Kier alpha value is -2.37. The molecule has 0 bridgehead atoms. The van der Waals surface area contributed by atoms with Gasteiger partial charge >= 0.3 is 6.09 Å². The third kappa shape index (κ3) is 6.08. The molecule has 1 saturated carbocycles. The third-order valence-electron chi connectivity index (χ3n) is 4.70. The smallest absolute Gasteiger partial charge is 0.429 e. The number of hydrazine groups is 1. The maximum atomic E-state index is 12.6. The lowest BCUT2D eigenvalue weighted by Gasteiger charge is -2.30. The number of Topliss-reactive ketones (excluding diaryl/α,β-unsaturated/α-hetero) is 1. The molecule has 0 aromatic heterocycles. The Labute approximate surface area is 161 Å². The van der Waals surface area contributed by atoms with Gasteiger partial charge in [-0.25, -0.2) is 9.80 Å². The number of hydrogen-bond donors (Lipinski definition) is 1. The molecule has 6 nitrogen and oxygen atoms in total. The molecule has 148 valence electrons. The van der Waals surface area contributed by atoms with Crippen LogP contribution in [0.3, 0.4) is 0 Å². The van der Waals surface area contributed by atoms with Gasteiger partial charge in [-0.05, 0) is 53.4 Å². The second-order valence-electron chi connectivity index (χ2n) is 7.98. The lowest BCUT2D eigenvalue weighted by molar-refractivity contribution is -0.131. The Morgan fingerprint density at radius 3 is 2.11 bits per heavy atom. The number of ketones is 1. The summed E-state index contributed by atoms with van der Waals surface area (Å²) in [4.78, 5) is 37.2. The van der Waals surface area contributed by atoms with E-state index < -0.39 is 11.7 Å². The Morgan fingerprint density at radius 1 is 1.04 bits per heavy atom. The molecule has 27 heavy (non-hydrogen) atoms. The topological polar surface area (TPSA) is 75.7 Å². The summed E-state index contributed by atoms with van der Waals surface area (Å²) in [7, 11) is 0. The molecule has 6 heteroatoms. The van der Waals surface area contributed by atoms with Crippen molar-refractivity contribution in [2.45, 2.75) is 59.0 Å². The highest BCUT2D eigenvalue weighted by molar-refractivity contribution is 5.98. The third-order valence-corrected chi connectivity index (χ3v) is 4.70. The Morgan fingerprint density at radius 2 is 1.59 bits per heavy atom. The standard InChI is InChI=1S/C21H30N2O4/c1-5-23(20(26)27-21(2,3)4)22-19(25)17-13-11-16(12-14-17)18(24)15-9-7-6-8-10-15/h6-10,16-17H,5,11-14H2,1-4H3,(H,22,25). The molecule has 0 radical (unpaired) electrons. The van der Waals surface area contributed by atoms with Crippen LogP contribution >= 0.6 is 0 Å². The van der Waals surface area contributed by atoms with Gasteiger partial charge in [0.15, 0.2) is 5.78 Å². The zero-order valence-electron chi connectivity index (χ0n) is 16.7. The fourth-order valence-corrected chi connectivity index (χ4v) is 3.25. The van der Waals surface area contributed by atoms with Gasteiger partial charge in [0.1, 0.15) is 5.60 Å². The summed E-state index contributed by atoms with van der Waals surface area (Å²) in [5.74, 6) is -0.266. The monoisotopic (exact) mass is 374 g/mol. The number of amides is 2. The van der Waals surface area contributed by atoms with Crippen LogP contribution in [0.4, 0.5) is 4.79 Å². The van der Waals surface area contributed by atoms with Gasteiger partial charge in [0.25, 0.3) is 0 Å². The Kier molecular flexibility index (Phi) is 6.99. The van der Waals surface area contributed by atoms with E-state index in [1.807, 2.05) is 30.3 Å². The summed E-state index contributed by atoms with van der Waals surface area (Å²) < 4.78 is 5.30. The van der Waals surface area contributed by atoms with Crippen LogP contribution < -0.4 is 5.43 Å². The minimum atomic E-state index is -0.620. The lowest BCUT2D eigenvalue weighted by atomic mass is 9.78. The number of ether oxygens (including phenoxy) is 1. The molecule has 0 spiro atoms. The van der Waals surface area contributed by atoms with Crippen molar-refractivity contribution in [3.63, 3.8) is 0 Å². The van der Waals surface area contributed by atoms with E-state index in [9.17, 15) is 14.4 Å². The molecule has 1 aliphatic rings. The van der Waals surface area contributed by atoms with Gasteiger partial charge in [-0.15, -0.1) is 0 Å². The fourth-order valence-electron chi connectivity index (χ4n) is 3.25. The first-order chi connectivity index (χ1) is 12.7. The summed E-state index contributed by atoms with van der Waals surface area (Å²) in [6.07, 6.45) is 2.09. The summed E-state index contributed by atoms with van der Waals surface area (Å²) in [5, 5.41) is 1.20. The number of carbonyl (C=O) groups excluding carboxylic acids is 3. The van der Waals surface area contributed by atoms with E-state index in [4.69, 9.17) is 4.74 Å². The van der Waals surface area contributed by atoms with Crippen molar-refractivity contribution in [3.05, 3.63) is 35.9 Å². The number of nitrogens with one attached hydrogen (secondary N) is 1. The van der Waals surface area contributed by atoms with Gasteiger partial charge in [-0.3, -0.25) is 15.0 Å². The Bertz CT molecular complexity index is 659. The van der Waals surface area contributed by atoms with Gasteiger partial charge in [-0.1, -0.05) is 30.3 Å². The van der Waals surface area contributed by atoms with Crippen LogP contribution in [0.2, 0.25) is 0 Å². The minimum absolute atomic E-state index is 0.0374. The average Bonchev–Trinajstić information content (AvgIpc) is 2.64. The van der Waals surface area contributed by atoms with E-state index in [2.05, 4.69) is 5.43 Å². The van der Waals surface area contributed by atoms with Crippen LogP contribution in [0.25, 0.3) is 0 Å². The van der Waals surface area contributed by atoms with Gasteiger partial charge in [0, 0.05) is 23.9 Å². The summed E-state index contributed by atoms with van der Waals surface area (Å²) >= 11 is 0. The first-order valence-corrected chi connectivity index (χ1v) is 9.61. The highest BCUT2D eigenvalue weighted by Gasteiger charge is 2.32. The largest absolute Gasteiger partial charge is 0.442 e. The normalized spacial score (nSPS) is 19.9. The molecule has 1 N–H and O–H groups in total. The van der Waals surface area contributed by atoms with Gasteiger partial charge in [0.2, 0.25) is 5.91 Å². The second kappa shape index (κ2) is 9.02. The molecule has 1 aliphatic carbocycles. The van der Waals surface area contributed by atoms with Crippen LogP contribution in [0, 0.1) is 11.8 Å². The van der Waals surface area contributed by atoms with E-state index in [0.717, 1.165) is 5.56 Å². The predicted molar refractivity (Wildman–Crippen MR) is 103 cm³/mol. The van der Waals surface area contributed by atoms with Crippen molar-refractivity contribution in [1.29, 1.82) is 0 Å². The zero-order valence-corrected chi connectivity index (χ0v) is 16.7. The maximum Gasteiger partial charge on any atom is 0.429 e. The molecule has 0 unspecified atom stereocenters. The summed E-state index contributed by atoms with van der Waals surface area (Å²) in [6.45, 7) is 7.45. The molecular weight excluding hydrogens is 344 g/mol. The molecule has 0 heterocycles. The summed E-state index contributed by atoms with van der Waals surface area (Å²) in [5.41, 5.74) is 2.78. The molecular formula is C21H30N2O4. The molecule has 1 aromatic rings. The van der Waals surface area contributed by atoms with Crippen molar-refractivity contribution < 1.29 is 19.1 Å². The van der Waals surface area contributed by atoms with E-state index in [1.54, 1.807) is 27.7 Å². The van der Waals surface area contributed by atoms with Crippen LogP contribution in [-0.2, 0) is 9.53 Å². The SMILES string of the molecule is CCN(NC(=O)C1CCC(C(=O)c2ccccc2)CC1)C(=O)OC(C)(C)C. The van der Waals surface area contributed by atoms with Crippen molar-refractivity contribution in [2.75, 3.05) is 6.54 Å². The Balaban J connectivity index is 1.87. The van der Waals surface area contributed by atoms with Crippen molar-refractivity contribution in [3.8, 4) is 0 Å². The van der Waals surface area contributed by atoms with Crippen LogP contribution in [0.1, 0.15) is 63.7 Å². The lowest BCUT2D eigenvalue weighted by Crippen LogP contribution is -2.50. The molecule has 1 fully saturated rings. The van der Waals surface area contributed by atoms with E-state index in [0.29, 0.717) is 32.2 Å². The number of hydrogen-bond acceptors (Lipinski definition) is 4. The average molecular weight is 374 g/mol. The highest BCUT2D eigenvalue weighted by atomic mass is 16.6. The first kappa shape index (κ1) is 20.9. The van der Waals surface area contributed by atoms with Crippen molar-refractivity contribution in [2.24, 2.45) is 11.8 Å². The van der Waals surface area contributed by atoms with Crippen LogP contribution in [0.5, 0.6) is 0 Å². The van der Waals surface area contributed by atoms with E-state index in [-0.39, 0.29) is 23.5 Å². The summed E-state index contributed by atoms with van der Waals surface area (Å²) in [6, 6.07) is 9.29. The first-order valence-electron chi connectivity index (χ1n) is 9.61. The molecule has 0 aliphatic heterocycles. The van der Waals surface area contributed by atoms with Gasteiger partial charge in [-0.2, -0.15) is 0 Å². The van der Waals surface area contributed by atoms with E-state index in [1.165, 1.54) is 5.01 Å². The van der Waals surface area contributed by atoms with Gasteiger partial charge < -0.3 is 4.74 Å². The van der Waals surface area contributed by atoms with Crippen molar-refractivity contribution in [1.82, 2.24) is 10.4 Å².